The van der Waals surface area contributed by atoms with Crippen molar-refractivity contribution in [3.63, 3.8) is 0 Å². The summed E-state index contributed by atoms with van der Waals surface area (Å²) < 4.78 is 10.2. The lowest BCUT2D eigenvalue weighted by molar-refractivity contribution is -0.149. The van der Waals surface area contributed by atoms with Crippen LogP contribution in [0.15, 0.2) is 22.8 Å². The first-order chi connectivity index (χ1) is 10.2. The van der Waals surface area contributed by atoms with E-state index in [4.69, 9.17) is 9.15 Å². The molecule has 2 aliphatic carbocycles. The summed E-state index contributed by atoms with van der Waals surface area (Å²) in [6.07, 6.45) is 7.03. The number of hydrogen-bond acceptors (Lipinski definition) is 4. The van der Waals surface area contributed by atoms with E-state index in [1.54, 1.807) is 18.4 Å². The van der Waals surface area contributed by atoms with Crippen molar-refractivity contribution in [1.29, 1.82) is 0 Å². The van der Waals surface area contributed by atoms with Crippen molar-refractivity contribution in [1.82, 2.24) is 5.32 Å². The Morgan fingerprint density at radius 3 is 2.90 bits per heavy atom. The molecule has 21 heavy (non-hydrogen) atoms. The lowest BCUT2D eigenvalue weighted by atomic mass is 9.86. The van der Waals surface area contributed by atoms with Crippen LogP contribution in [0.3, 0.4) is 0 Å². The summed E-state index contributed by atoms with van der Waals surface area (Å²) in [6.45, 7) is 0.107. The number of amides is 1. The fourth-order valence-corrected chi connectivity index (χ4v) is 3.70. The molecular weight excluding hydrogens is 270 g/mol. The fraction of sp³-hybridized carbons (Fsp3) is 0.625. The van der Waals surface area contributed by atoms with Crippen LogP contribution in [-0.2, 0) is 20.9 Å². The van der Waals surface area contributed by atoms with Crippen molar-refractivity contribution >= 4 is 11.9 Å². The van der Waals surface area contributed by atoms with Gasteiger partial charge in [-0.25, -0.2) is 0 Å². The van der Waals surface area contributed by atoms with Crippen molar-refractivity contribution in [3.05, 3.63) is 24.2 Å². The van der Waals surface area contributed by atoms with E-state index in [1.807, 2.05) is 0 Å². The number of esters is 1. The molecule has 2 aliphatic rings. The number of fused-ring (bicyclic) bond motifs is 2. The molecule has 0 unspecified atom stereocenters. The van der Waals surface area contributed by atoms with Crippen molar-refractivity contribution in [2.75, 3.05) is 6.61 Å². The summed E-state index contributed by atoms with van der Waals surface area (Å²) >= 11 is 0. The zero-order valence-corrected chi connectivity index (χ0v) is 12.0. The predicted molar refractivity (Wildman–Crippen MR) is 75.1 cm³/mol. The molecule has 5 nitrogen and oxygen atoms in total. The Bertz CT molecular complexity index is 496. The monoisotopic (exact) mass is 291 g/mol. The molecule has 0 aromatic carbocycles. The quantitative estimate of drug-likeness (QED) is 0.816. The van der Waals surface area contributed by atoms with Crippen LogP contribution in [0, 0.1) is 17.8 Å². The van der Waals surface area contributed by atoms with Crippen molar-refractivity contribution in [3.8, 4) is 0 Å². The van der Waals surface area contributed by atoms with E-state index in [9.17, 15) is 9.59 Å². The average Bonchev–Trinajstić information content (AvgIpc) is 3.20. The van der Waals surface area contributed by atoms with Gasteiger partial charge in [0.15, 0.2) is 6.61 Å². The van der Waals surface area contributed by atoms with Crippen LogP contribution in [0.2, 0.25) is 0 Å². The second-order valence-corrected chi connectivity index (χ2v) is 6.16. The van der Waals surface area contributed by atoms with Crippen LogP contribution < -0.4 is 5.32 Å². The zero-order valence-electron chi connectivity index (χ0n) is 12.0. The molecule has 3 rings (SSSR count). The molecule has 2 fully saturated rings. The van der Waals surface area contributed by atoms with Gasteiger partial charge in [-0.2, -0.15) is 0 Å². The zero-order chi connectivity index (χ0) is 14.7. The number of carbonyl (C=O) groups excluding carboxylic acids is 2. The molecule has 2 saturated carbocycles. The minimum atomic E-state index is -0.298. The molecule has 1 aromatic rings. The first kappa shape index (κ1) is 14.2. The largest absolute Gasteiger partial charge is 0.467 e. The van der Waals surface area contributed by atoms with Gasteiger partial charge >= 0.3 is 5.97 Å². The standard InChI is InChI=1S/C16H21NO4/c18-15(17-9-14-2-1-5-20-14)10-21-16(19)8-13-7-11-3-4-12(13)6-11/h1-2,5,11-13H,3-4,6-10H2,(H,17,18)/t11-,12+,13+/m0/s1. The van der Waals surface area contributed by atoms with Crippen molar-refractivity contribution in [2.24, 2.45) is 17.8 Å². The van der Waals surface area contributed by atoms with Gasteiger partial charge in [0.1, 0.15) is 5.76 Å². The maximum absolute atomic E-state index is 11.8. The molecule has 1 amide bonds. The fourth-order valence-electron chi connectivity index (χ4n) is 3.70. The van der Waals surface area contributed by atoms with Crippen LogP contribution in [0.1, 0.15) is 37.9 Å². The highest BCUT2D eigenvalue weighted by atomic mass is 16.5. The molecule has 5 heteroatoms. The Morgan fingerprint density at radius 2 is 2.24 bits per heavy atom. The molecule has 3 atom stereocenters. The van der Waals surface area contributed by atoms with E-state index in [0.717, 1.165) is 12.3 Å². The second-order valence-electron chi connectivity index (χ2n) is 6.16. The number of hydrogen-bond donors (Lipinski definition) is 1. The third-order valence-corrected chi connectivity index (χ3v) is 4.72. The van der Waals surface area contributed by atoms with E-state index in [2.05, 4.69) is 5.32 Å². The Kier molecular flexibility index (Phi) is 4.27. The van der Waals surface area contributed by atoms with Gasteiger partial charge in [0.05, 0.1) is 12.8 Å². The number of rotatable bonds is 6. The van der Waals surface area contributed by atoms with Gasteiger partial charge < -0.3 is 14.5 Å². The number of carbonyl (C=O) groups is 2. The minimum absolute atomic E-state index is 0.208. The van der Waals surface area contributed by atoms with Gasteiger partial charge in [-0.05, 0) is 49.1 Å². The van der Waals surface area contributed by atoms with E-state index >= 15 is 0 Å². The summed E-state index contributed by atoms with van der Waals surface area (Å²) in [5.41, 5.74) is 0. The van der Waals surface area contributed by atoms with Crippen LogP contribution >= 0.6 is 0 Å². The molecule has 0 aliphatic heterocycles. The van der Waals surface area contributed by atoms with E-state index in [-0.39, 0.29) is 18.5 Å². The molecule has 0 saturated heterocycles. The summed E-state index contributed by atoms with van der Waals surface area (Å²) in [5, 5.41) is 2.65. The lowest BCUT2D eigenvalue weighted by Crippen LogP contribution is -2.28. The van der Waals surface area contributed by atoms with Crippen molar-refractivity contribution in [2.45, 2.75) is 38.6 Å². The Labute approximate surface area is 124 Å². The molecule has 2 bridgehead atoms. The van der Waals surface area contributed by atoms with E-state index in [1.165, 1.54) is 19.3 Å². The van der Waals surface area contributed by atoms with Gasteiger partial charge in [-0.3, -0.25) is 9.59 Å². The van der Waals surface area contributed by atoms with Gasteiger partial charge in [-0.15, -0.1) is 0 Å². The highest BCUT2D eigenvalue weighted by molar-refractivity contribution is 5.80. The molecule has 1 heterocycles. The number of furan rings is 1. The van der Waals surface area contributed by atoms with Crippen LogP contribution in [-0.4, -0.2) is 18.5 Å². The van der Waals surface area contributed by atoms with Crippen LogP contribution in [0.4, 0.5) is 0 Å². The summed E-state index contributed by atoms with van der Waals surface area (Å²) in [7, 11) is 0. The molecular formula is C16H21NO4. The predicted octanol–water partition coefficient (Wildman–Crippen LogP) is 2.27. The van der Waals surface area contributed by atoms with E-state index < -0.39 is 0 Å². The second kappa shape index (κ2) is 6.33. The first-order valence-corrected chi connectivity index (χ1v) is 7.65. The van der Waals surface area contributed by atoms with Crippen LogP contribution in [0.5, 0.6) is 0 Å². The third kappa shape index (κ3) is 3.65. The topological polar surface area (TPSA) is 68.5 Å². The summed E-state index contributed by atoms with van der Waals surface area (Å²) in [5.74, 6) is 2.13. The van der Waals surface area contributed by atoms with Crippen LogP contribution in [0.25, 0.3) is 0 Å². The maximum Gasteiger partial charge on any atom is 0.306 e. The molecule has 1 N–H and O–H groups in total. The first-order valence-electron chi connectivity index (χ1n) is 7.65. The Hall–Kier alpha value is -1.78. The number of nitrogens with one attached hydrogen (secondary N) is 1. The normalized spacial score (nSPS) is 26.8. The average molecular weight is 291 g/mol. The van der Waals surface area contributed by atoms with Gasteiger partial charge in [0.25, 0.3) is 5.91 Å². The van der Waals surface area contributed by atoms with E-state index in [0.29, 0.717) is 30.6 Å². The SMILES string of the molecule is O=C(COC(=O)C[C@H]1C[C@H]2CC[C@@H]1C2)NCc1ccco1. The summed E-state index contributed by atoms with van der Waals surface area (Å²) in [6, 6.07) is 3.54. The smallest absolute Gasteiger partial charge is 0.306 e. The van der Waals surface area contributed by atoms with Gasteiger partial charge in [0.2, 0.25) is 0 Å². The Morgan fingerprint density at radius 1 is 1.33 bits per heavy atom. The van der Waals surface area contributed by atoms with Crippen molar-refractivity contribution < 1.29 is 18.7 Å². The highest BCUT2D eigenvalue weighted by Crippen LogP contribution is 2.49. The lowest BCUT2D eigenvalue weighted by Gasteiger charge is -2.20. The Balaban J connectivity index is 1.33. The maximum atomic E-state index is 11.8. The van der Waals surface area contributed by atoms with Gasteiger partial charge in [-0.1, -0.05) is 6.42 Å². The third-order valence-electron chi connectivity index (χ3n) is 4.72. The molecule has 0 spiro atoms. The minimum Gasteiger partial charge on any atom is -0.467 e. The number of ether oxygens (including phenoxy) is 1. The highest BCUT2D eigenvalue weighted by Gasteiger charge is 2.40. The van der Waals surface area contributed by atoms with Gasteiger partial charge in [0, 0.05) is 6.42 Å². The molecule has 0 radical (unpaired) electrons. The molecule has 1 aromatic heterocycles. The molecule has 114 valence electrons. The summed E-state index contributed by atoms with van der Waals surface area (Å²) in [4.78, 5) is 23.4.